The van der Waals surface area contributed by atoms with E-state index in [4.69, 9.17) is 15.2 Å². The summed E-state index contributed by atoms with van der Waals surface area (Å²) in [5, 5.41) is 0. The number of ether oxygens (including phenoxy) is 2. The van der Waals surface area contributed by atoms with Gasteiger partial charge in [-0.3, -0.25) is 4.90 Å². The van der Waals surface area contributed by atoms with Crippen LogP contribution in [0.5, 0.6) is 11.5 Å². The first-order valence-electron chi connectivity index (χ1n) is 7.95. The van der Waals surface area contributed by atoms with Crippen molar-refractivity contribution in [2.75, 3.05) is 33.9 Å². The molecule has 1 saturated carbocycles. The van der Waals surface area contributed by atoms with Crippen LogP contribution in [0.1, 0.15) is 36.4 Å². The zero-order chi connectivity index (χ0) is 14.8. The van der Waals surface area contributed by atoms with Gasteiger partial charge in [-0.25, -0.2) is 0 Å². The van der Waals surface area contributed by atoms with Gasteiger partial charge in [-0.1, -0.05) is 0 Å². The van der Waals surface area contributed by atoms with Gasteiger partial charge in [0.05, 0.1) is 14.2 Å². The highest BCUT2D eigenvalue weighted by Crippen LogP contribution is 2.41. The molecule has 1 aromatic carbocycles. The quantitative estimate of drug-likeness (QED) is 0.874. The maximum absolute atomic E-state index is 5.87. The van der Waals surface area contributed by atoms with Crippen LogP contribution < -0.4 is 15.2 Å². The SMILES string of the molecule is COc1cc2c(cc1OC)C(CCN)N(CC1CC1)CC2. The lowest BCUT2D eigenvalue weighted by molar-refractivity contribution is 0.169. The van der Waals surface area contributed by atoms with Gasteiger partial charge in [0.2, 0.25) is 0 Å². The van der Waals surface area contributed by atoms with Crippen LogP contribution in [0.3, 0.4) is 0 Å². The molecule has 1 heterocycles. The lowest BCUT2D eigenvalue weighted by Gasteiger charge is -2.38. The summed E-state index contributed by atoms with van der Waals surface area (Å²) < 4.78 is 10.9. The second kappa shape index (κ2) is 6.24. The average Bonchev–Trinajstić information content (AvgIpc) is 3.32. The van der Waals surface area contributed by atoms with Crippen LogP contribution >= 0.6 is 0 Å². The zero-order valence-corrected chi connectivity index (χ0v) is 13.1. The fourth-order valence-electron chi connectivity index (χ4n) is 3.43. The predicted octanol–water partition coefficient (Wildman–Crippen LogP) is 2.36. The van der Waals surface area contributed by atoms with Crippen molar-refractivity contribution in [3.05, 3.63) is 23.3 Å². The van der Waals surface area contributed by atoms with E-state index in [1.807, 2.05) is 0 Å². The molecule has 0 amide bonds. The van der Waals surface area contributed by atoms with Crippen molar-refractivity contribution < 1.29 is 9.47 Å². The highest BCUT2D eigenvalue weighted by Gasteiger charge is 2.32. The Hall–Kier alpha value is -1.26. The van der Waals surface area contributed by atoms with E-state index in [1.54, 1.807) is 14.2 Å². The van der Waals surface area contributed by atoms with E-state index in [0.29, 0.717) is 6.04 Å². The van der Waals surface area contributed by atoms with Crippen molar-refractivity contribution in [2.24, 2.45) is 11.7 Å². The molecule has 1 fully saturated rings. The predicted molar refractivity (Wildman–Crippen MR) is 84.0 cm³/mol. The summed E-state index contributed by atoms with van der Waals surface area (Å²) in [6, 6.07) is 4.74. The number of methoxy groups -OCH3 is 2. The largest absolute Gasteiger partial charge is 0.493 e. The van der Waals surface area contributed by atoms with E-state index in [-0.39, 0.29) is 0 Å². The molecule has 4 heteroatoms. The van der Waals surface area contributed by atoms with Gasteiger partial charge in [-0.2, -0.15) is 0 Å². The first-order valence-corrected chi connectivity index (χ1v) is 7.95. The Morgan fingerprint density at radius 3 is 2.52 bits per heavy atom. The minimum absolute atomic E-state index is 0.430. The lowest BCUT2D eigenvalue weighted by Crippen LogP contribution is -2.38. The van der Waals surface area contributed by atoms with Gasteiger partial charge >= 0.3 is 0 Å². The number of fused-ring (bicyclic) bond motifs is 1. The van der Waals surface area contributed by atoms with Crippen molar-refractivity contribution in [3.63, 3.8) is 0 Å². The Bertz CT molecular complexity index is 500. The van der Waals surface area contributed by atoms with Gasteiger partial charge in [-0.15, -0.1) is 0 Å². The third-order valence-corrected chi connectivity index (χ3v) is 4.74. The van der Waals surface area contributed by atoms with Gasteiger partial charge in [0.15, 0.2) is 11.5 Å². The highest BCUT2D eigenvalue weighted by molar-refractivity contribution is 5.49. The lowest BCUT2D eigenvalue weighted by atomic mass is 9.90. The van der Waals surface area contributed by atoms with Crippen molar-refractivity contribution >= 4 is 0 Å². The van der Waals surface area contributed by atoms with Crippen molar-refractivity contribution in [1.82, 2.24) is 4.90 Å². The van der Waals surface area contributed by atoms with Gasteiger partial charge < -0.3 is 15.2 Å². The Labute approximate surface area is 127 Å². The fraction of sp³-hybridized carbons (Fsp3) is 0.647. The molecule has 1 aromatic rings. The number of benzene rings is 1. The van der Waals surface area contributed by atoms with E-state index in [0.717, 1.165) is 43.3 Å². The van der Waals surface area contributed by atoms with E-state index < -0.39 is 0 Å². The number of nitrogens with zero attached hydrogens (tertiary/aromatic N) is 1. The molecular weight excluding hydrogens is 264 g/mol. The van der Waals surface area contributed by atoms with Gasteiger partial charge in [-0.05, 0) is 61.4 Å². The van der Waals surface area contributed by atoms with Gasteiger partial charge in [0.25, 0.3) is 0 Å². The summed E-state index contributed by atoms with van der Waals surface area (Å²) in [6.07, 6.45) is 4.88. The monoisotopic (exact) mass is 290 g/mol. The third-order valence-electron chi connectivity index (χ3n) is 4.74. The summed E-state index contributed by atoms with van der Waals surface area (Å²) >= 11 is 0. The second-order valence-electron chi connectivity index (χ2n) is 6.19. The molecule has 4 nitrogen and oxygen atoms in total. The van der Waals surface area contributed by atoms with Crippen LogP contribution in [0.2, 0.25) is 0 Å². The molecule has 0 aromatic heterocycles. The summed E-state index contributed by atoms with van der Waals surface area (Å²) in [5.74, 6) is 2.57. The molecule has 0 bridgehead atoms. The molecule has 1 atom stereocenters. The molecule has 21 heavy (non-hydrogen) atoms. The Kier molecular flexibility index (Phi) is 4.36. The normalized spacial score (nSPS) is 22.0. The molecule has 2 N–H and O–H groups in total. The Balaban J connectivity index is 1.92. The molecule has 1 aliphatic heterocycles. The topological polar surface area (TPSA) is 47.7 Å². The summed E-state index contributed by atoms with van der Waals surface area (Å²) in [7, 11) is 3.40. The van der Waals surface area contributed by atoms with Crippen LogP contribution in [0.4, 0.5) is 0 Å². The summed E-state index contributed by atoms with van der Waals surface area (Å²) in [6.45, 7) is 3.07. The van der Waals surface area contributed by atoms with Crippen LogP contribution in [-0.4, -0.2) is 38.8 Å². The van der Waals surface area contributed by atoms with Gasteiger partial charge in [0, 0.05) is 19.1 Å². The van der Waals surface area contributed by atoms with E-state index in [2.05, 4.69) is 17.0 Å². The van der Waals surface area contributed by atoms with Crippen LogP contribution in [0.15, 0.2) is 12.1 Å². The van der Waals surface area contributed by atoms with Crippen molar-refractivity contribution in [3.8, 4) is 11.5 Å². The van der Waals surface area contributed by atoms with Crippen LogP contribution in [0.25, 0.3) is 0 Å². The molecule has 1 unspecified atom stereocenters. The Morgan fingerprint density at radius 2 is 1.90 bits per heavy atom. The van der Waals surface area contributed by atoms with E-state index >= 15 is 0 Å². The molecular formula is C17H26N2O2. The van der Waals surface area contributed by atoms with E-state index in [1.165, 1.54) is 30.5 Å². The molecule has 3 rings (SSSR count). The summed E-state index contributed by atoms with van der Waals surface area (Å²) in [4.78, 5) is 2.62. The van der Waals surface area contributed by atoms with E-state index in [9.17, 15) is 0 Å². The van der Waals surface area contributed by atoms with Gasteiger partial charge in [0.1, 0.15) is 0 Å². The zero-order valence-electron chi connectivity index (χ0n) is 13.1. The smallest absolute Gasteiger partial charge is 0.161 e. The van der Waals surface area contributed by atoms with Crippen LogP contribution in [0, 0.1) is 5.92 Å². The standard InChI is InChI=1S/C17H26N2O2/c1-20-16-9-13-6-8-19(11-12-3-4-12)15(5-7-18)14(13)10-17(16)21-2/h9-10,12,15H,3-8,11,18H2,1-2H3. The second-order valence-corrected chi connectivity index (χ2v) is 6.19. The minimum Gasteiger partial charge on any atom is -0.493 e. The average molecular weight is 290 g/mol. The number of rotatable bonds is 6. The maximum Gasteiger partial charge on any atom is 0.161 e. The molecule has 0 radical (unpaired) electrons. The molecule has 0 saturated heterocycles. The molecule has 2 aliphatic rings. The van der Waals surface area contributed by atoms with Crippen LogP contribution in [-0.2, 0) is 6.42 Å². The summed E-state index contributed by atoms with van der Waals surface area (Å²) in [5.41, 5.74) is 8.64. The maximum atomic E-state index is 5.87. The first-order chi connectivity index (χ1) is 10.3. The minimum atomic E-state index is 0.430. The third kappa shape index (κ3) is 3.01. The molecule has 0 spiro atoms. The van der Waals surface area contributed by atoms with Crippen molar-refractivity contribution in [1.29, 1.82) is 0 Å². The molecule has 1 aliphatic carbocycles. The fourth-order valence-corrected chi connectivity index (χ4v) is 3.43. The molecule has 116 valence electrons. The number of hydrogen-bond donors (Lipinski definition) is 1. The van der Waals surface area contributed by atoms with Crippen molar-refractivity contribution in [2.45, 2.75) is 31.7 Å². The number of nitrogens with two attached hydrogens (primary N) is 1. The number of hydrogen-bond acceptors (Lipinski definition) is 4. The first kappa shape index (κ1) is 14.7. The Morgan fingerprint density at radius 1 is 1.19 bits per heavy atom. The highest BCUT2D eigenvalue weighted by atomic mass is 16.5.